The summed E-state index contributed by atoms with van der Waals surface area (Å²) in [5, 5.41) is 0. The molecule has 0 aromatic rings. The van der Waals surface area contributed by atoms with Gasteiger partial charge in [-0.15, -0.1) is 6.58 Å². The molecule has 2 unspecified atom stereocenters. The maximum absolute atomic E-state index is 4.84. The molecule has 1 heterocycles. The van der Waals surface area contributed by atoms with Gasteiger partial charge in [0, 0.05) is 12.3 Å². The fourth-order valence-electron chi connectivity index (χ4n) is 3.51. The fraction of sp³-hybridized carbons (Fsp3) is 0.650. The summed E-state index contributed by atoms with van der Waals surface area (Å²) < 4.78 is 0. The van der Waals surface area contributed by atoms with Gasteiger partial charge in [-0.3, -0.25) is 4.99 Å². The molecule has 1 nitrogen and oxygen atoms in total. The molecule has 0 N–H and O–H groups in total. The van der Waals surface area contributed by atoms with Crippen LogP contribution in [0.5, 0.6) is 0 Å². The average Bonchev–Trinajstić information content (AvgIpc) is 2.94. The molecule has 1 aliphatic carbocycles. The molecule has 2 atom stereocenters. The average molecular weight is 285 g/mol. The van der Waals surface area contributed by atoms with E-state index < -0.39 is 0 Å². The van der Waals surface area contributed by atoms with Crippen molar-refractivity contribution in [1.82, 2.24) is 0 Å². The van der Waals surface area contributed by atoms with Crippen LogP contribution in [0, 0.1) is 17.8 Å². The predicted molar refractivity (Wildman–Crippen MR) is 93.9 cm³/mol. The van der Waals surface area contributed by atoms with E-state index in [0.717, 1.165) is 12.5 Å². The second-order valence-electron chi connectivity index (χ2n) is 7.00. The first kappa shape index (κ1) is 16.3. The van der Waals surface area contributed by atoms with E-state index in [1.807, 2.05) is 0 Å². The Bertz CT molecular complexity index is 450. The molecule has 0 spiro atoms. The Labute approximate surface area is 130 Å². The van der Waals surface area contributed by atoms with Crippen molar-refractivity contribution < 1.29 is 0 Å². The van der Waals surface area contributed by atoms with Crippen LogP contribution in [0.15, 0.2) is 40.9 Å². The highest BCUT2D eigenvalue weighted by Gasteiger charge is 2.24. The minimum atomic E-state index is 0.640. The summed E-state index contributed by atoms with van der Waals surface area (Å²) in [7, 11) is 0. The van der Waals surface area contributed by atoms with Gasteiger partial charge >= 0.3 is 0 Å². The molecule has 0 bridgehead atoms. The molecule has 21 heavy (non-hydrogen) atoms. The summed E-state index contributed by atoms with van der Waals surface area (Å²) in [6.07, 6.45) is 14.2. The van der Waals surface area contributed by atoms with E-state index >= 15 is 0 Å². The Kier molecular flexibility index (Phi) is 6.02. The second-order valence-corrected chi connectivity index (χ2v) is 7.00. The molecule has 0 aromatic carbocycles. The van der Waals surface area contributed by atoms with Gasteiger partial charge < -0.3 is 0 Å². The summed E-state index contributed by atoms with van der Waals surface area (Å²) in [6.45, 7) is 11.9. The van der Waals surface area contributed by atoms with Crippen LogP contribution >= 0.6 is 0 Å². The van der Waals surface area contributed by atoms with E-state index in [9.17, 15) is 0 Å². The number of hydrogen-bond acceptors (Lipinski definition) is 1. The lowest BCUT2D eigenvalue weighted by Gasteiger charge is -2.20. The van der Waals surface area contributed by atoms with Crippen molar-refractivity contribution in [3.05, 3.63) is 36.0 Å². The standard InChI is InChI=1S/C20H31N/c1-5-7-16-8-10-19(11-9-16)20-13-17(14-21-20)12-18(6-2)15(3)4/h6,8,10,15,17-18H,2,5,7,9,11-14H2,1,3-4H3. The minimum Gasteiger partial charge on any atom is -0.289 e. The van der Waals surface area contributed by atoms with Gasteiger partial charge in [0.1, 0.15) is 0 Å². The summed E-state index contributed by atoms with van der Waals surface area (Å²) in [6, 6.07) is 0. The van der Waals surface area contributed by atoms with Crippen LogP contribution in [-0.2, 0) is 0 Å². The number of aliphatic imine (C=N–C) groups is 1. The predicted octanol–water partition coefficient (Wildman–Crippen LogP) is 5.74. The minimum absolute atomic E-state index is 0.640. The van der Waals surface area contributed by atoms with Crippen molar-refractivity contribution in [2.24, 2.45) is 22.7 Å². The third-order valence-electron chi connectivity index (χ3n) is 4.96. The summed E-state index contributed by atoms with van der Waals surface area (Å²) in [5.41, 5.74) is 4.50. The van der Waals surface area contributed by atoms with Crippen molar-refractivity contribution in [1.29, 1.82) is 0 Å². The zero-order valence-electron chi connectivity index (χ0n) is 14.1. The molecule has 0 amide bonds. The lowest BCUT2D eigenvalue weighted by Crippen LogP contribution is -2.14. The van der Waals surface area contributed by atoms with E-state index in [2.05, 4.69) is 45.6 Å². The van der Waals surface area contributed by atoms with E-state index in [4.69, 9.17) is 4.99 Å². The highest BCUT2D eigenvalue weighted by molar-refractivity contribution is 6.01. The lowest BCUT2D eigenvalue weighted by molar-refractivity contribution is 0.368. The summed E-state index contributed by atoms with van der Waals surface area (Å²) in [5.74, 6) is 2.06. The first-order chi connectivity index (χ1) is 10.1. The van der Waals surface area contributed by atoms with Crippen molar-refractivity contribution in [3.63, 3.8) is 0 Å². The van der Waals surface area contributed by atoms with Crippen molar-refractivity contribution in [3.8, 4) is 0 Å². The molecular formula is C20H31N. The Morgan fingerprint density at radius 2 is 2.14 bits per heavy atom. The number of allylic oxidation sites excluding steroid dienone is 5. The monoisotopic (exact) mass is 285 g/mol. The van der Waals surface area contributed by atoms with Crippen molar-refractivity contribution in [2.75, 3.05) is 6.54 Å². The molecule has 2 aliphatic rings. The number of hydrogen-bond donors (Lipinski definition) is 0. The van der Waals surface area contributed by atoms with Crippen LogP contribution < -0.4 is 0 Å². The molecule has 116 valence electrons. The smallest absolute Gasteiger partial charge is 0.0424 e. The van der Waals surface area contributed by atoms with Crippen LogP contribution in [-0.4, -0.2) is 12.3 Å². The largest absolute Gasteiger partial charge is 0.289 e. The first-order valence-electron chi connectivity index (χ1n) is 8.68. The van der Waals surface area contributed by atoms with Crippen LogP contribution in [0.1, 0.15) is 59.3 Å². The lowest BCUT2D eigenvalue weighted by atomic mass is 9.84. The van der Waals surface area contributed by atoms with Crippen molar-refractivity contribution >= 4 is 5.71 Å². The molecule has 0 fully saturated rings. The van der Waals surface area contributed by atoms with Gasteiger partial charge in [0.15, 0.2) is 0 Å². The Balaban J connectivity index is 1.89. The van der Waals surface area contributed by atoms with E-state index in [1.165, 1.54) is 49.8 Å². The van der Waals surface area contributed by atoms with E-state index in [1.54, 1.807) is 5.57 Å². The Morgan fingerprint density at radius 3 is 2.71 bits per heavy atom. The summed E-state index contributed by atoms with van der Waals surface area (Å²) >= 11 is 0. The SMILES string of the molecule is C=CC(CC1CN=C(C2=CC=C(CCC)CC2)C1)C(C)C. The zero-order valence-corrected chi connectivity index (χ0v) is 14.1. The van der Waals surface area contributed by atoms with Gasteiger partial charge in [0.25, 0.3) is 0 Å². The molecular weight excluding hydrogens is 254 g/mol. The first-order valence-corrected chi connectivity index (χ1v) is 8.68. The van der Waals surface area contributed by atoms with Crippen LogP contribution in [0.25, 0.3) is 0 Å². The molecule has 2 rings (SSSR count). The second kappa shape index (κ2) is 7.77. The van der Waals surface area contributed by atoms with Crippen LogP contribution in [0.2, 0.25) is 0 Å². The van der Waals surface area contributed by atoms with Gasteiger partial charge in [0.2, 0.25) is 0 Å². The number of rotatable bonds is 7. The normalized spacial score (nSPS) is 23.6. The third-order valence-corrected chi connectivity index (χ3v) is 4.96. The highest BCUT2D eigenvalue weighted by Crippen LogP contribution is 2.31. The topological polar surface area (TPSA) is 12.4 Å². The van der Waals surface area contributed by atoms with Crippen molar-refractivity contribution in [2.45, 2.75) is 59.3 Å². The van der Waals surface area contributed by atoms with Crippen LogP contribution in [0.3, 0.4) is 0 Å². The van der Waals surface area contributed by atoms with Crippen LogP contribution in [0.4, 0.5) is 0 Å². The molecule has 0 saturated heterocycles. The molecule has 0 radical (unpaired) electrons. The maximum Gasteiger partial charge on any atom is 0.0424 e. The van der Waals surface area contributed by atoms with Gasteiger partial charge in [-0.05, 0) is 55.4 Å². The highest BCUT2D eigenvalue weighted by atomic mass is 14.8. The number of nitrogens with zero attached hydrogens (tertiary/aromatic N) is 1. The van der Waals surface area contributed by atoms with Gasteiger partial charge in [-0.2, -0.15) is 0 Å². The van der Waals surface area contributed by atoms with Gasteiger partial charge in [0.05, 0.1) is 0 Å². The molecule has 0 aromatic heterocycles. The molecule has 0 saturated carbocycles. The molecule has 1 aliphatic heterocycles. The quantitative estimate of drug-likeness (QED) is 0.529. The maximum atomic E-state index is 4.84. The fourth-order valence-corrected chi connectivity index (χ4v) is 3.51. The third kappa shape index (κ3) is 4.43. The Morgan fingerprint density at radius 1 is 1.33 bits per heavy atom. The van der Waals surface area contributed by atoms with Gasteiger partial charge in [-0.1, -0.05) is 51.0 Å². The van der Waals surface area contributed by atoms with Gasteiger partial charge in [-0.25, -0.2) is 0 Å². The Hall–Kier alpha value is -1.11. The molecule has 1 heteroatoms. The van der Waals surface area contributed by atoms with E-state index in [-0.39, 0.29) is 0 Å². The van der Waals surface area contributed by atoms with E-state index in [0.29, 0.717) is 11.8 Å². The summed E-state index contributed by atoms with van der Waals surface area (Å²) in [4.78, 5) is 4.84. The zero-order chi connectivity index (χ0) is 15.2.